The quantitative estimate of drug-likeness (QED) is 0.153. The average molecular weight is 560 g/mol. The first kappa shape index (κ1) is 28.5. The van der Waals surface area contributed by atoms with Crippen molar-refractivity contribution in [1.82, 2.24) is 15.6 Å². The molecule has 1 aliphatic heterocycles. The summed E-state index contributed by atoms with van der Waals surface area (Å²) in [7, 11) is 1.82. The largest absolute Gasteiger partial charge is 0.460 e. The van der Waals surface area contributed by atoms with Gasteiger partial charge in [-0.3, -0.25) is 9.79 Å². The number of nitrogens with zero attached hydrogens (tertiary/aromatic N) is 3. The summed E-state index contributed by atoms with van der Waals surface area (Å²) < 4.78 is 5.34. The number of hydrogen-bond acceptors (Lipinski definition) is 5. The fourth-order valence-electron chi connectivity index (χ4n) is 3.69. The first-order chi connectivity index (χ1) is 14.8. The molecular formula is C24H42IN5O2. The zero-order valence-electron chi connectivity index (χ0n) is 20.4. The van der Waals surface area contributed by atoms with Gasteiger partial charge in [-0.15, -0.1) is 24.0 Å². The number of guanidine groups is 1. The molecule has 2 N–H and O–H groups in total. The van der Waals surface area contributed by atoms with E-state index in [-0.39, 0.29) is 29.9 Å². The van der Waals surface area contributed by atoms with Crippen LogP contribution in [0.5, 0.6) is 0 Å². The van der Waals surface area contributed by atoms with Crippen molar-refractivity contribution < 1.29 is 9.53 Å². The number of pyridine rings is 1. The number of halogens is 1. The molecule has 1 aromatic rings. The molecule has 0 unspecified atom stereocenters. The van der Waals surface area contributed by atoms with Gasteiger partial charge in [0, 0.05) is 44.8 Å². The molecule has 32 heavy (non-hydrogen) atoms. The van der Waals surface area contributed by atoms with Gasteiger partial charge in [-0.25, -0.2) is 4.98 Å². The van der Waals surface area contributed by atoms with E-state index >= 15 is 0 Å². The predicted octanol–water partition coefficient (Wildman–Crippen LogP) is 4.43. The van der Waals surface area contributed by atoms with E-state index < -0.39 is 5.60 Å². The van der Waals surface area contributed by atoms with Crippen LogP contribution in [0.25, 0.3) is 0 Å². The van der Waals surface area contributed by atoms with Crippen molar-refractivity contribution in [2.75, 3.05) is 31.6 Å². The Bertz CT molecular complexity index is 713. The molecule has 1 aliphatic rings. The van der Waals surface area contributed by atoms with E-state index in [0.717, 1.165) is 75.6 Å². The number of carbonyl (C=O) groups excluding carboxylic acids is 1. The van der Waals surface area contributed by atoms with Gasteiger partial charge in [-0.1, -0.05) is 18.9 Å². The minimum Gasteiger partial charge on any atom is -0.460 e. The topological polar surface area (TPSA) is 78.8 Å². The maximum absolute atomic E-state index is 11.7. The van der Waals surface area contributed by atoms with Crippen LogP contribution in [-0.2, 0) is 9.53 Å². The molecule has 7 nitrogen and oxygen atoms in total. The molecule has 8 heteroatoms. The Morgan fingerprint density at radius 2 is 1.88 bits per heavy atom. The van der Waals surface area contributed by atoms with E-state index in [4.69, 9.17) is 4.74 Å². The lowest BCUT2D eigenvalue weighted by atomic mass is 10.1. The Labute approximate surface area is 211 Å². The number of aliphatic imine (C=N–C) groups is 1. The molecule has 1 fully saturated rings. The third-order valence-electron chi connectivity index (χ3n) is 5.28. The van der Waals surface area contributed by atoms with Crippen LogP contribution in [0.4, 0.5) is 5.82 Å². The van der Waals surface area contributed by atoms with Crippen LogP contribution < -0.4 is 15.5 Å². The van der Waals surface area contributed by atoms with Crippen molar-refractivity contribution in [3.8, 4) is 0 Å². The summed E-state index contributed by atoms with van der Waals surface area (Å²) in [5, 5.41) is 6.98. The summed E-state index contributed by atoms with van der Waals surface area (Å²) >= 11 is 0. The minimum atomic E-state index is -0.391. The summed E-state index contributed by atoms with van der Waals surface area (Å²) in [5.74, 6) is 1.85. The summed E-state index contributed by atoms with van der Waals surface area (Å²) in [6, 6.07) is 6.63. The molecule has 0 amide bonds. The molecular weight excluding hydrogens is 517 g/mol. The van der Waals surface area contributed by atoms with Crippen LogP contribution in [0, 0.1) is 6.92 Å². The number of rotatable bonds is 9. The molecule has 0 aliphatic carbocycles. The van der Waals surface area contributed by atoms with E-state index in [1.807, 2.05) is 40.8 Å². The normalized spacial score (nSPS) is 15.2. The monoisotopic (exact) mass is 559 g/mol. The van der Waals surface area contributed by atoms with Crippen LogP contribution in [0.2, 0.25) is 0 Å². The highest BCUT2D eigenvalue weighted by atomic mass is 127. The Balaban J connectivity index is 0.00000512. The van der Waals surface area contributed by atoms with Crippen molar-refractivity contribution in [2.24, 2.45) is 4.99 Å². The van der Waals surface area contributed by atoms with Crippen molar-refractivity contribution in [1.29, 1.82) is 0 Å². The zero-order valence-corrected chi connectivity index (χ0v) is 22.8. The van der Waals surface area contributed by atoms with E-state index in [9.17, 15) is 4.79 Å². The van der Waals surface area contributed by atoms with E-state index in [1.165, 1.54) is 0 Å². The van der Waals surface area contributed by atoms with Crippen LogP contribution in [0.15, 0.2) is 23.2 Å². The number of aromatic nitrogens is 1. The second-order valence-electron chi connectivity index (χ2n) is 9.29. The van der Waals surface area contributed by atoms with Crippen molar-refractivity contribution in [3.63, 3.8) is 0 Å². The number of nitrogens with one attached hydrogen (secondary N) is 2. The Morgan fingerprint density at radius 1 is 1.19 bits per heavy atom. The van der Waals surface area contributed by atoms with Crippen LogP contribution in [0.1, 0.15) is 71.4 Å². The number of unbranched alkanes of at least 4 members (excludes halogenated alkanes) is 3. The van der Waals surface area contributed by atoms with Gasteiger partial charge in [0.2, 0.25) is 0 Å². The van der Waals surface area contributed by atoms with E-state index in [2.05, 4.69) is 37.6 Å². The highest BCUT2D eigenvalue weighted by Gasteiger charge is 2.21. The average Bonchev–Trinajstić information content (AvgIpc) is 2.71. The van der Waals surface area contributed by atoms with Gasteiger partial charge in [0.25, 0.3) is 0 Å². The number of carbonyl (C=O) groups is 1. The molecule has 0 saturated carbocycles. The Hall–Kier alpha value is -1.58. The number of anilines is 1. The lowest BCUT2D eigenvalue weighted by molar-refractivity contribution is -0.154. The molecule has 2 heterocycles. The molecule has 1 saturated heterocycles. The molecule has 0 aromatic carbocycles. The van der Waals surface area contributed by atoms with Crippen molar-refractivity contribution >= 4 is 41.7 Å². The number of esters is 1. The SMILES string of the molecule is CN=C(NCCCCCCC(=O)OC(C)(C)C)NC1CCN(c2cccc(C)n2)CC1.I. The molecule has 182 valence electrons. The zero-order chi connectivity index (χ0) is 22.7. The lowest BCUT2D eigenvalue weighted by Gasteiger charge is -2.34. The molecule has 0 spiro atoms. The maximum Gasteiger partial charge on any atom is 0.306 e. The highest BCUT2D eigenvalue weighted by Crippen LogP contribution is 2.18. The molecule has 2 rings (SSSR count). The van der Waals surface area contributed by atoms with Gasteiger partial charge in [0.05, 0.1) is 0 Å². The van der Waals surface area contributed by atoms with Crippen LogP contribution in [0.3, 0.4) is 0 Å². The maximum atomic E-state index is 11.7. The molecule has 0 radical (unpaired) electrons. The fraction of sp³-hybridized carbons (Fsp3) is 0.708. The third kappa shape index (κ3) is 11.3. The van der Waals surface area contributed by atoms with Gasteiger partial charge in [-0.2, -0.15) is 0 Å². The second-order valence-corrected chi connectivity index (χ2v) is 9.29. The fourth-order valence-corrected chi connectivity index (χ4v) is 3.69. The molecule has 0 atom stereocenters. The number of piperidine rings is 1. The summed E-state index contributed by atoms with van der Waals surface area (Å²) in [6.07, 6.45) is 6.72. The minimum absolute atomic E-state index is 0. The first-order valence-electron chi connectivity index (χ1n) is 11.6. The van der Waals surface area contributed by atoms with Gasteiger partial charge in [-0.05, 0) is 65.5 Å². The number of ether oxygens (including phenoxy) is 1. The number of aryl methyl sites for hydroxylation is 1. The van der Waals surface area contributed by atoms with Gasteiger partial charge >= 0.3 is 5.97 Å². The summed E-state index contributed by atoms with van der Waals surface area (Å²) in [4.78, 5) is 23.1. The van der Waals surface area contributed by atoms with Crippen molar-refractivity contribution in [2.45, 2.75) is 84.3 Å². The highest BCUT2D eigenvalue weighted by molar-refractivity contribution is 14.0. The first-order valence-corrected chi connectivity index (χ1v) is 11.6. The molecule has 1 aromatic heterocycles. The van der Waals surface area contributed by atoms with E-state index in [1.54, 1.807) is 0 Å². The van der Waals surface area contributed by atoms with Gasteiger partial charge < -0.3 is 20.3 Å². The van der Waals surface area contributed by atoms with Crippen molar-refractivity contribution in [3.05, 3.63) is 23.9 Å². The predicted molar refractivity (Wildman–Crippen MR) is 143 cm³/mol. The van der Waals surface area contributed by atoms with E-state index in [0.29, 0.717) is 12.5 Å². The van der Waals surface area contributed by atoms with Gasteiger partial charge in [0.1, 0.15) is 11.4 Å². The Kier molecular flexibility index (Phi) is 12.9. The van der Waals surface area contributed by atoms with Crippen LogP contribution in [-0.4, -0.2) is 55.2 Å². The standard InChI is InChI=1S/C24H41N5O2.HI/c1-19-11-10-12-21(27-19)29-17-14-20(15-18-29)28-23(25-5)26-16-9-7-6-8-13-22(30)31-24(2,3)4;/h10-12,20H,6-9,13-18H2,1-5H3,(H2,25,26,28);1H. The summed E-state index contributed by atoms with van der Waals surface area (Å²) in [5.41, 5.74) is 0.671. The lowest BCUT2D eigenvalue weighted by Crippen LogP contribution is -2.49. The molecule has 0 bridgehead atoms. The smallest absolute Gasteiger partial charge is 0.306 e. The summed E-state index contributed by atoms with van der Waals surface area (Å²) in [6.45, 7) is 10.6. The third-order valence-corrected chi connectivity index (χ3v) is 5.28. The Morgan fingerprint density at radius 3 is 2.50 bits per heavy atom. The van der Waals surface area contributed by atoms with Gasteiger partial charge in [0.15, 0.2) is 5.96 Å². The van der Waals surface area contributed by atoms with Crippen LogP contribution >= 0.6 is 24.0 Å². The second kappa shape index (κ2) is 14.5. The number of hydrogen-bond donors (Lipinski definition) is 2.